The van der Waals surface area contributed by atoms with Crippen molar-refractivity contribution in [3.63, 3.8) is 0 Å². The number of para-hydroxylation sites is 1. The van der Waals surface area contributed by atoms with Crippen molar-refractivity contribution >= 4 is 28.2 Å². The molecule has 1 aromatic carbocycles. The summed E-state index contributed by atoms with van der Waals surface area (Å²) in [7, 11) is 0. The molecule has 0 fully saturated rings. The van der Waals surface area contributed by atoms with Gasteiger partial charge in [0.05, 0.1) is 21.6 Å². The first-order valence-electron chi connectivity index (χ1n) is 7.09. The molecular weight excluding hydrogens is 308 g/mol. The number of hydrogen-bond donors (Lipinski definition) is 0. The second kappa shape index (κ2) is 5.40. The lowest BCUT2D eigenvalue weighted by Gasteiger charge is -2.03. The fraction of sp³-hybridized carbons (Fsp3) is 0.0588. The van der Waals surface area contributed by atoms with Crippen molar-refractivity contribution in [3.05, 3.63) is 70.4 Å². The average Bonchev–Trinajstić information content (AvgIpc) is 3.23. The predicted molar refractivity (Wildman–Crippen MR) is 89.1 cm³/mol. The molecule has 0 atom stereocenters. The van der Waals surface area contributed by atoms with Crippen molar-refractivity contribution in [2.24, 2.45) is 0 Å². The van der Waals surface area contributed by atoms with Gasteiger partial charge in [0.1, 0.15) is 12.0 Å². The Morgan fingerprint density at radius 2 is 1.91 bits per heavy atom. The molecule has 3 heterocycles. The van der Waals surface area contributed by atoms with Crippen molar-refractivity contribution < 1.29 is 4.79 Å². The first kappa shape index (κ1) is 13.8. The quantitative estimate of drug-likeness (QED) is 0.543. The molecule has 4 aromatic rings. The van der Waals surface area contributed by atoms with E-state index in [-0.39, 0.29) is 5.78 Å². The van der Waals surface area contributed by atoms with Crippen LogP contribution in [0.1, 0.15) is 21.1 Å². The molecule has 0 bridgehead atoms. The molecule has 6 heteroatoms. The summed E-state index contributed by atoms with van der Waals surface area (Å²) in [5.41, 5.74) is 2.68. The molecule has 3 aromatic heterocycles. The van der Waals surface area contributed by atoms with E-state index in [1.165, 1.54) is 17.7 Å². The molecule has 4 rings (SSSR count). The number of thiophene rings is 1. The van der Waals surface area contributed by atoms with E-state index in [1.54, 1.807) is 10.7 Å². The summed E-state index contributed by atoms with van der Waals surface area (Å²) in [4.78, 5) is 21.9. The highest BCUT2D eigenvalue weighted by atomic mass is 32.1. The number of nitrogens with zero attached hydrogens (tertiary/aromatic N) is 4. The number of fused-ring (bicyclic) bond motifs is 1. The Labute approximate surface area is 136 Å². The van der Waals surface area contributed by atoms with Crippen LogP contribution in [0.3, 0.4) is 0 Å². The van der Waals surface area contributed by atoms with Gasteiger partial charge in [0.2, 0.25) is 5.78 Å². The number of benzene rings is 1. The number of rotatable bonds is 3. The van der Waals surface area contributed by atoms with Crippen LogP contribution >= 0.6 is 11.3 Å². The molecule has 0 radical (unpaired) electrons. The monoisotopic (exact) mass is 320 g/mol. The van der Waals surface area contributed by atoms with Crippen molar-refractivity contribution in [1.82, 2.24) is 19.7 Å². The molecule has 0 saturated carbocycles. The molecule has 0 aliphatic heterocycles. The standard InChI is InChI=1S/C17H12N4OS/c1-11-14-15(16(22)13-8-5-9-23-13)18-10-19-17(14)21(20-11)12-6-3-2-4-7-12/h2-10H,1H3. The summed E-state index contributed by atoms with van der Waals surface area (Å²) in [6.07, 6.45) is 1.42. The Morgan fingerprint density at radius 1 is 1.09 bits per heavy atom. The molecule has 0 spiro atoms. The zero-order valence-corrected chi connectivity index (χ0v) is 13.1. The molecular formula is C17H12N4OS. The van der Waals surface area contributed by atoms with Crippen LogP contribution in [0.5, 0.6) is 0 Å². The third-order valence-corrected chi connectivity index (χ3v) is 4.47. The van der Waals surface area contributed by atoms with Gasteiger partial charge in [0.15, 0.2) is 5.65 Å². The van der Waals surface area contributed by atoms with E-state index in [0.717, 1.165) is 11.4 Å². The van der Waals surface area contributed by atoms with Crippen LogP contribution in [-0.2, 0) is 0 Å². The SMILES string of the molecule is Cc1nn(-c2ccccc2)c2ncnc(C(=O)c3cccs3)c12. The Bertz CT molecular complexity index is 990. The molecule has 0 saturated heterocycles. The number of hydrogen-bond acceptors (Lipinski definition) is 5. The van der Waals surface area contributed by atoms with Crippen molar-refractivity contribution in [1.29, 1.82) is 0 Å². The molecule has 0 amide bonds. The molecule has 0 unspecified atom stereocenters. The van der Waals surface area contributed by atoms with Crippen LogP contribution in [0, 0.1) is 6.92 Å². The molecule has 0 N–H and O–H groups in total. The van der Waals surface area contributed by atoms with Gasteiger partial charge in [-0.1, -0.05) is 24.3 Å². The average molecular weight is 320 g/mol. The summed E-state index contributed by atoms with van der Waals surface area (Å²) in [6.45, 7) is 1.87. The van der Waals surface area contributed by atoms with Gasteiger partial charge in [-0.25, -0.2) is 14.6 Å². The summed E-state index contributed by atoms with van der Waals surface area (Å²) in [5.74, 6) is -0.0943. The molecule has 23 heavy (non-hydrogen) atoms. The lowest BCUT2D eigenvalue weighted by Crippen LogP contribution is -2.04. The first-order chi connectivity index (χ1) is 11.3. The number of aromatic nitrogens is 4. The van der Waals surface area contributed by atoms with E-state index in [0.29, 0.717) is 21.6 Å². The Balaban J connectivity index is 1.95. The third kappa shape index (κ3) is 2.24. The third-order valence-electron chi connectivity index (χ3n) is 3.60. The Morgan fingerprint density at radius 3 is 2.65 bits per heavy atom. The number of ketones is 1. The Kier molecular flexibility index (Phi) is 3.24. The van der Waals surface area contributed by atoms with Gasteiger partial charge in [-0.15, -0.1) is 11.3 Å². The van der Waals surface area contributed by atoms with Crippen molar-refractivity contribution in [2.75, 3.05) is 0 Å². The maximum Gasteiger partial charge on any atom is 0.222 e. The topological polar surface area (TPSA) is 60.7 Å². The van der Waals surface area contributed by atoms with E-state index in [2.05, 4.69) is 15.1 Å². The lowest BCUT2D eigenvalue weighted by atomic mass is 10.1. The van der Waals surface area contributed by atoms with E-state index >= 15 is 0 Å². The Hall–Kier alpha value is -2.86. The zero-order chi connectivity index (χ0) is 15.8. The highest BCUT2D eigenvalue weighted by Gasteiger charge is 2.21. The van der Waals surface area contributed by atoms with Crippen LogP contribution in [0.25, 0.3) is 16.7 Å². The van der Waals surface area contributed by atoms with E-state index < -0.39 is 0 Å². The highest BCUT2D eigenvalue weighted by Crippen LogP contribution is 2.25. The zero-order valence-electron chi connectivity index (χ0n) is 12.3. The van der Waals surface area contributed by atoms with E-state index in [9.17, 15) is 4.79 Å². The summed E-state index contributed by atoms with van der Waals surface area (Å²) in [5, 5.41) is 7.13. The molecule has 112 valence electrons. The van der Waals surface area contributed by atoms with Crippen LogP contribution in [0.2, 0.25) is 0 Å². The van der Waals surface area contributed by atoms with Crippen molar-refractivity contribution in [2.45, 2.75) is 6.92 Å². The maximum absolute atomic E-state index is 12.7. The minimum absolute atomic E-state index is 0.0943. The lowest BCUT2D eigenvalue weighted by molar-refractivity contribution is 0.103. The van der Waals surface area contributed by atoms with Gasteiger partial charge in [-0.2, -0.15) is 5.10 Å². The fourth-order valence-electron chi connectivity index (χ4n) is 2.56. The van der Waals surface area contributed by atoms with Gasteiger partial charge in [0, 0.05) is 0 Å². The number of carbonyl (C=O) groups excluding carboxylic acids is 1. The highest BCUT2D eigenvalue weighted by molar-refractivity contribution is 7.12. The summed E-state index contributed by atoms with van der Waals surface area (Å²) >= 11 is 1.41. The second-order valence-electron chi connectivity index (χ2n) is 5.06. The summed E-state index contributed by atoms with van der Waals surface area (Å²) < 4.78 is 1.75. The fourth-order valence-corrected chi connectivity index (χ4v) is 3.23. The minimum atomic E-state index is -0.0943. The van der Waals surface area contributed by atoms with Crippen LogP contribution in [-0.4, -0.2) is 25.5 Å². The number of carbonyl (C=O) groups is 1. The first-order valence-corrected chi connectivity index (χ1v) is 7.97. The van der Waals surface area contributed by atoms with Crippen molar-refractivity contribution in [3.8, 4) is 5.69 Å². The minimum Gasteiger partial charge on any atom is -0.286 e. The van der Waals surface area contributed by atoms with Gasteiger partial charge in [-0.05, 0) is 30.5 Å². The van der Waals surface area contributed by atoms with E-state index in [1.807, 2.05) is 48.7 Å². The van der Waals surface area contributed by atoms with Gasteiger partial charge in [0.25, 0.3) is 0 Å². The second-order valence-corrected chi connectivity index (χ2v) is 6.01. The van der Waals surface area contributed by atoms with Crippen LogP contribution < -0.4 is 0 Å². The smallest absolute Gasteiger partial charge is 0.222 e. The van der Waals surface area contributed by atoms with Gasteiger partial charge in [-0.3, -0.25) is 4.79 Å². The number of aryl methyl sites for hydroxylation is 1. The van der Waals surface area contributed by atoms with Gasteiger partial charge >= 0.3 is 0 Å². The largest absolute Gasteiger partial charge is 0.286 e. The molecule has 0 aliphatic rings. The van der Waals surface area contributed by atoms with E-state index in [4.69, 9.17) is 0 Å². The summed E-state index contributed by atoms with van der Waals surface area (Å²) in [6, 6.07) is 13.4. The molecule has 5 nitrogen and oxygen atoms in total. The molecule has 0 aliphatic carbocycles. The predicted octanol–water partition coefficient (Wildman–Crippen LogP) is 3.42. The maximum atomic E-state index is 12.7. The normalized spacial score (nSPS) is 11.0. The van der Waals surface area contributed by atoms with Crippen LogP contribution in [0.15, 0.2) is 54.2 Å². The van der Waals surface area contributed by atoms with Gasteiger partial charge < -0.3 is 0 Å². The van der Waals surface area contributed by atoms with Crippen LogP contribution in [0.4, 0.5) is 0 Å².